The van der Waals surface area contributed by atoms with E-state index in [1.807, 2.05) is 19.3 Å². The molecule has 0 saturated heterocycles. The molecule has 0 spiro atoms. The van der Waals surface area contributed by atoms with Crippen LogP contribution in [0.5, 0.6) is 0 Å². The van der Waals surface area contributed by atoms with Crippen LogP contribution in [0.2, 0.25) is 0 Å². The Hall–Kier alpha value is -1.81. The number of aromatic nitrogens is 2. The Labute approximate surface area is 110 Å². The van der Waals surface area contributed by atoms with Crippen molar-refractivity contribution < 1.29 is 0 Å². The maximum absolute atomic E-state index is 4.21. The molecule has 92 valence electrons. The average Bonchev–Trinajstić information content (AvgIpc) is 2.98. The van der Waals surface area contributed by atoms with Gasteiger partial charge in [0.1, 0.15) is 5.82 Å². The van der Waals surface area contributed by atoms with Gasteiger partial charge >= 0.3 is 0 Å². The highest BCUT2D eigenvalue weighted by Crippen LogP contribution is 2.23. The Morgan fingerprint density at radius 1 is 1.33 bits per heavy atom. The van der Waals surface area contributed by atoms with Crippen molar-refractivity contribution in [2.24, 2.45) is 0 Å². The van der Waals surface area contributed by atoms with Crippen molar-refractivity contribution in [1.29, 1.82) is 0 Å². The van der Waals surface area contributed by atoms with Gasteiger partial charge in [0.15, 0.2) is 0 Å². The number of hydrogen-bond acceptors (Lipinski definition) is 3. The first kappa shape index (κ1) is 11.3. The van der Waals surface area contributed by atoms with Gasteiger partial charge in [0.25, 0.3) is 0 Å². The van der Waals surface area contributed by atoms with E-state index in [0.29, 0.717) is 0 Å². The zero-order chi connectivity index (χ0) is 12.4. The molecule has 0 atom stereocenters. The van der Waals surface area contributed by atoms with Gasteiger partial charge < -0.3 is 9.88 Å². The van der Waals surface area contributed by atoms with Crippen LogP contribution in [-0.4, -0.2) is 16.1 Å². The number of imidazole rings is 1. The number of nitrogens with one attached hydrogen (secondary N) is 1. The smallest absolute Gasteiger partial charge is 0.105 e. The van der Waals surface area contributed by atoms with E-state index in [0.717, 1.165) is 18.9 Å². The molecule has 0 bridgehead atoms. The van der Waals surface area contributed by atoms with E-state index in [-0.39, 0.29) is 0 Å². The number of hydrogen-bond donors (Lipinski definition) is 1. The molecule has 0 aliphatic rings. The summed E-state index contributed by atoms with van der Waals surface area (Å²) in [7, 11) is 0. The minimum atomic E-state index is 0.910. The molecular weight excluding hydrogens is 242 g/mol. The van der Waals surface area contributed by atoms with Gasteiger partial charge in [-0.05, 0) is 42.0 Å². The number of benzene rings is 1. The summed E-state index contributed by atoms with van der Waals surface area (Å²) in [6.45, 7) is 3.87. The molecule has 0 fully saturated rings. The van der Waals surface area contributed by atoms with E-state index >= 15 is 0 Å². The van der Waals surface area contributed by atoms with Crippen LogP contribution in [0.25, 0.3) is 10.1 Å². The molecule has 3 nitrogen and oxygen atoms in total. The molecule has 0 unspecified atom stereocenters. The summed E-state index contributed by atoms with van der Waals surface area (Å²) in [5, 5.41) is 6.89. The Morgan fingerprint density at radius 3 is 3.11 bits per heavy atom. The molecule has 0 radical (unpaired) electrons. The average molecular weight is 257 g/mol. The fourth-order valence-corrected chi connectivity index (χ4v) is 2.81. The lowest BCUT2D eigenvalue weighted by atomic mass is 10.2. The Kier molecular flexibility index (Phi) is 3.02. The van der Waals surface area contributed by atoms with Gasteiger partial charge in [-0.15, -0.1) is 11.3 Å². The second-order valence-electron chi connectivity index (χ2n) is 4.27. The SMILES string of the molecule is Cc1nccn1CCNc1ccc2sccc2c1. The van der Waals surface area contributed by atoms with Gasteiger partial charge in [-0.2, -0.15) is 0 Å². The quantitative estimate of drug-likeness (QED) is 0.775. The van der Waals surface area contributed by atoms with Crippen LogP contribution in [0.4, 0.5) is 5.69 Å². The van der Waals surface area contributed by atoms with Gasteiger partial charge in [0.05, 0.1) is 0 Å². The fourth-order valence-electron chi connectivity index (χ4n) is 2.04. The van der Waals surface area contributed by atoms with Crippen LogP contribution in [-0.2, 0) is 6.54 Å². The van der Waals surface area contributed by atoms with E-state index in [9.17, 15) is 0 Å². The molecule has 0 saturated carbocycles. The number of thiophene rings is 1. The van der Waals surface area contributed by atoms with Gasteiger partial charge in [-0.1, -0.05) is 0 Å². The fraction of sp³-hybridized carbons (Fsp3) is 0.214. The zero-order valence-electron chi connectivity index (χ0n) is 10.3. The van der Waals surface area contributed by atoms with Crippen molar-refractivity contribution in [2.75, 3.05) is 11.9 Å². The maximum Gasteiger partial charge on any atom is 0.105 e. The first-order chi connectivity index (χ1) is 8.83. The van der Waals surface area contributed by atoms with E-state index in [2.05, 4.69) is 44.5 Å². The third-order valence-electron chi connectivity index (χ3n) is 3.06. The largest absolute Gasteiger partial charge is 0.383 e. The van der Waals surface area contributed by atoms with Gasteiger partial charge in [-0.3, -0.25) is 0 Å². The lowest BCUT2D eigenvalue weighted by Crippen LogP contribution is -2.10. The number of fused-ring (bicyclic) bond motifs is 1. The van der Waals surface area contributed by atoms with Crippen molar-refractivity contribution in [3.05, 3.63) is 47.9 Å². The summed E-state index contributed by atoms with van der Waals surface area (Å²) >= 11 is 1.78. The Bertz CT molecular complexity index is 654. The minimum absolute atomic E-state index is 0.910. The number of nitrogens with zero attached hydrogens (tertiary/aromatic N) is 2. The van der Waals surface area contributed by atoms with Crippen LogP contribution in [0.15, 0.2) is 42.0 Å². The topological polar surface area (TPSA) is 29.9 Å². The van der Waals surface area contributed by atoms with E-state index in [4.69, 9.17) is 0 Å². The third kappa shape index (κ3) is 2.24. The van der Waals surface area contributed by atoms with Crippen molar-refractivity contribution in [2.45, 2.75) is 13.5 Å². The summed E-state index contributed by atoms with van der Waals surface area (Å²) in [6, 6.07) is 8.67. The molecule has 0 amide bonds. The first-order valence-corrected chi connectivity index (χ1v) is 6.90. The maximum atomic E-state index is 4.21. The summed E-state index contributed by atoms with van der Waals surface area (Å²) in [5.41, 5.74) is 1.18. The van der Waals surface area contributed by atoms with E-state index in [1.165, 1.54) is 15.8 Å². The van der Waals surface area contributed by atoms with Crippen molar-refractivity contribution in [3.8, 4) is 0 Å². The Balaban J connectivity index is 1.64. The molecule has 2 aromatic heterocycles. The van der Waals surface area contributed by atoms with E-state index < -0.39 is 0 Å². The standard InChI is InChI=1S/C14H15N3S/c1-11-15-5-7-17(11)8-6-16-13-2-3-14-12(10-13)4-9-18-14/h2-5,7,9-10,16H,6,8H2,1H3. The molecule has 0 aliphatic carbocycles. The highest BCUT2D eigenvalue weighted by atomic mass is 32.1. The van der Waals surface area contributed by atoms with Crippen LogP contribution < -0.4 is 5.32 Å². The summed E-state index contributed by atoms with van der Waals surface area (Å²) in [4.78, 5) is 4.21. The van der Waals surface area contributed by atoms with Crippen LogP contribution in [0.1, 0.15) is 5.82 Å². The molecule has 0 aliphatic heterocycles. The second-order valence-corrected chi connectivity index (χ2v) is 5.22. The zero-order valence-corrected chi connectivity index (χ0v) is 11.1. The Morgan fingerprint density at radius 2 is 2.28 bits per heavy atom. The molecule has 1 aromatic carbocycles. The monoisotopic (exact) mass is 257 g/mol. The molecule has 3 rings (SSSR count). The molecule has 18 heavy (non-hydrogen) atoms. The molecule has 4 heteroatoms. The van der Waals surface area contributed by atoms with E-state index in [1.54, 1.807) is 11.3 Å². The van der Waals surface area contributed by atoms with Gasteiger partial charge in [0.2, 0.25) is 0 Å². The van der Waals surface area contributed by atoms with Gasteiger partial charge in [-0.25, -0.2) is 4.98 Å². The second kappa shape index (κ2) is 4.82. The van der Waals surface area contributed by atoms with Crippen molar-refractivity contribution >= 4 is 27.1 Å². The highest BCUT2D eigenvalue weighted by molar-refractivity contribution is 7.17. The number of anilines is 1. The molecule has 1 N–H and O–H groups in total. The summed E-state index contributed by atoms with van der Waals surface area (Å²) < 4.78 is 3.49. The third-order valence-corrected chi connectivity index (χ3v) is 3.96. The normalized spacial score (nSPS) is 10.9. The molecule has 2 heterocycles. The summed E-state index contributed by atoms with van der Waals surface area (Å²) in [6.07, 6.45) is 3.85. The van der Waals surface area contributed by atoms with Crippen molar-refractivity contribution in [3.63, 3.8) is 0 Å². The molecular formula is C14H15N3S. The lowest BCUT2D eigenvalue weighted by Gasteiger charge is -2.08. The predicted octanol–water partition coefficient (Wildman–Crippen LogP) is 3.52. The van der Waals surface area contributed by atoms with Crippen molar-refractivity contribution in [1.82, 2.24) is 9.55 Å². The number of aryl methyl sites for hydroxylation is 1. The van der Waals surface area contributed by atoms with Crippen LogP contribution in [0.3, 0.4) is 0 Å². The van der Waals surface area contributed by atoms with Crippen LogP contribution >= 0.6 is 11.3 Å². The first-order valence-electron chi connectivity index (χ1n) is 6.02. The van der Waals surface area contributed by atoms with Crippen LogP contribution in [0, 0.1) is 6.92 Å². The lowest BCUT2D eigenvalue weighted by molar-refractivity contribution is 0.701. The number of rotatable bonds is 4. The summed E-state index contributed by atoms with van der Waals surface area (Å²) in [5.74, 6) is 1.06. The van der Waals surface area contributed by atoms with Gasteiger partial charge in [0, 0.05) is 35.9 Å². The minimum Gasteiger partial charge on any atom is -0.383 e. The highest BCUT2D eigenvalue weighted by Gasteiger charge is 1.98. The predicted molar refractivity (Wildman–Crippen MR) is 77.3 cm³/mol. The molecule has 3 aromatic rings.